The fraction of sp³-hybridized carbons (Fsp3) is 0.143. The highest BCUT2D eigenvalue weighted by atomic mass is 35.5. The van der Waals surface area contributed by atoms with Crippen LogP contribution in [-0.2, 0) is 16.2 Å². The molecule has 1 atom stereocenters. The number of alkyl halides is 3. The molecule has 0 saturated heterocycles. The maximum Gasteiger partial charge on any atom is 0.416 e. The highest BCUT2D eigenvalue weighted by Gasteiger charge is 2.34. The van der Waals surface area contributed by atoms with Gasteiger partial charge in [-0.3, -0.25) is 9.71 Å². The van der Waals surface area contributed by atoms with Gasteiger partial charge in [-0.05, 0) is 48.4 Å². The van der Waals surface area contributed by atoms with Crippen molar-refractivity contribution in [1.82, 2.24) is 15.0 Å². The molecule has 13 heteroatoms. The van der Waals surface area contributed by atoms with Crippen LogP contribution in [0.25, 0.3) is 11.0 Å². The number of rotatable bonds is 6. The zero-order chi connectivity index (χ0) is 24.7. The Morgan fingerprint density at radius 3 is 2.62 bits per heavy atom. The van der Waals surface area contributed by atoms with E-state index in [0.29, 0.717) is 22.7 Å². The highest BCUT2D eigenvalue weighted by molar-refractivity contribution is 7.92. The van der Waals surface area contributed by atoms with Gasteiger partial charge in [0.15, 0.2) is 6.04 Å². The van der Waals surface area contributed by atoms with E-state index in [1.54, 1.807) is 12.3 Å². The third kappa shape index (κ3) is 4.46. The van der Waals surface area contributed by atoms with Gasteiger partial charge < -0.3 is 4.98 Å². The molecule has 0 fully saturated rings. The molecule has 1 unspecified atom stereocenters. The molecule has 4 rings (SSSR count). The molecular formula is C21H15ClF3N5O3S. The first-order valence-corrected chi connectivity index (χ1v) is 11.5. The lowest BCUT2D eigenvalue weighted by molar-refractivity contribution is -0.138. The number of benzene rings is 1. The number of aromatic nitrogens is 3. The molecular weight excluding hydrogens is 495 g/mol. The topological polar surface area (TPSA) is 117 Å². The second-order valence-corrected chi connectivity index (χ2v) is 9.43. The molecule has 0 saturated carbocycles. The maximum atomic E-state index is 13.3. The summed E-state index contributed by atoms with van der Waals surface area (Å²) in [6.45, 7) is 1.22. The van der Waals surface area contributed by atoms with Crippen molar-refractivity contribution < 1.29 is 21.6 Å². The number of halogens is 4. The molecule has 0 aliphatic rings. The quantitative estimate of drug-likeness (QED) is 0.328. The van der Waals surface area contributed by atoms with Crippen LogP contribution in [0.2, 0.25) is 5.02 Å². The van der Waals surface area contributed by atoms with E-state index in [9.17, 15) is 26.5 Å². The van der Waals surface area contributed by atoms with Crippen molar-refractivity contribution in [3.8, 4) is 0 Å². The minimum Gasteiger partial charge on any atom is -0.346 e. The van der Waals surface area contributed by atoms with Crippen molar-refractivity contribution in [2.45, 2.75) is 24.0 Å². The summed E-state index contributed by atoms with van der Waals surface area (Å²) in [5, 5.41) is 3.72. The van der Waals surface area contributed by atoms with Crippen molar-refractivity contribution in [2.75, 3.05) is 4.72 Å². The van der Waals surface area contributed by atoms with E-state index in [1.165, 1.54) is 31.5 Å². The van der Waals surface area contributed by atoms with Crippen molar-refractivity contribution >= 4 is 38.3 Å². The van der Waals surface area contributed by atoms with Crippen LogP contribution in [0.5, 0.6) is 0 Å². The van der Waals surface area contributed by atoms with Gasteiger partial charge in [0.25, 0.3) is 10.0 Å². The van der Waals surface area contributed by atoms with Gasteiger partial charge in [-0.1, -0.05) is 22.8 Å². The Kier molecular flexibility index (Phi) is 6.04. The molecule has 3 heterocycles. The van der Waals surface area contributed by atoms with E-state index in [1.807, 2.05) is 0 Å². The number of hydrogen-bond donors (Lipinski definition) is 2. The van der Waals surface area contributed by atoms with Crippen LogP contribution in [0.1, 0.15) is 28.4 Å². The van der Waals surface area contributed by atoms with Crippen molar-refractivity contribution in [3.63, 3.8) is 0 Å². The van der Waals surface area contributed by atoms with Crippen LogP contribution in [0.15, 0.2) is 65.1 Å². The number of anilines is 1. The zero-order valence-electron chi connectivity index (χ0n) is 17.3. The molecule has 8 nitrogen and oxygen atoms in total. The van der Waals surface area contributed by atoms with Gasteiger partial charge in [0, 0.05) is 24.0 Å². The number of nitrogens with zero attached hydrogens (tertiary/aromatic N) is 3. The number of fused-ring (bicyclic) bond motifs is 1. The fourth-order valence-electron chi connectivity index (χ4n) is 3.50. The van der Waals surface area contributed by atoms with Gasteiger partial charge in [0.1, 0.15) is 5.65 Å². The number of nitroso groups, excluding NO2 is 1. The van der Waals surface area contributed by atoms with Crippen molar-refractivity contribution in [3.05, 3.63) is 87.3 Å². The number of pyridine rings is 2. The van der Waals surface area contributed by atoms with E-state index in [4.69, 9.17) is 11.6 Å². The Bertz CT molecular complexity index is 1510. The van der Waals surface area contributed by atoms with Crippen LogP contribution in [0.3, 0.4) is 0 Å². The Labute approximate surface area is 196 Å². The Morgan fingerprint density at radius 2 is 1.91 bits per heavy atom. The van der Waals surface area contributed by atoms with Gasteiger partial charge in [0.2, 0.25) is 0 Å². The smallest absolute Gasteiger partial charge is 0.346 e. The third-order valence-corrected chi connectivity index (χ3v) is 6.68. The predicted octanol–water partition coefficient (Wildman–Crippen LogP) is 5.60. The van der Waals surface area contributed by atoms with Crippen LogP contribution in [-0.4, -0.2) is 23.4 Å². The molecule has 0 radical (unpaired) electrons. The lowest BCUT2D eigenvalue weighted by Crippen LogP contribution is -2.17. The second-order valence-electron chi connectivity index (χ2n) is 7.31. The fourth-order valence-corrected chi connectivity index (χ4v) is 4.75. The first kappa shape index (κ1) is 23.6. The van der Waals surface area contributed by atoms with Crippen LogP contribution in [0.4, 0.5) is 18.9 Å². The monoisotopic (exact) mass is 509 g/mol. The van der Waals surface area contributed by atoms with Gasteiger partial charge >= 0.3 is 6.18 Å². The summed E-state index contributed by atoms with van der Waals surface area (Å²) in [5.41, 5.74) is -0.631. The molecule has 2 N–H and O–H groups in total. The third-order valence-electron chi connectivity index (χ3n) is 5.11. The zero-order valence-corrected chi connectivity index (χ0v) is 18.8. The first-order valence-electron chi connectivity index (χ1n) is 9.62. The number of hydrogen-bond acceptors (Lipinski definition) is 6. The predicted molar refractivity (Wildman–Crippen MR) is 120 cm³/mol. The summed E-state index contributed by atoms with van der Waals surface area (Å²) in [6, 6.07) is 5.79. The highest BCUT2D eigenvalue weighted by Crippen LogP contribution is 2.37. The summed E-state index contributed by atoms with van der Waals surface area (Å²) in [7, 11) is -4.52. The Balaban J connectivity index is 1.80. The van der Waals surface area contributed by atoms with Gasteiger partial charge in [0.05, 0.1) is 26.9 Å². The summed E-state index contributed by atoms with van der Waals surface area (Å²) < 4.78 is 68.1. The average Bonchev–Trinajstić information content (AvgIpc) is 3.24. The first-order chi connectivity index (χ1) is 16.0. The van der Waals surface area contributed by atoms with Gasteiger partial charge in [-0.25, -0.2) is 13.4 Å². The standard InChI is InChI=1S/C21H15ClF3N5O3S/c1-11-2-3-13(9-16(11)21(23,24)25)34(32,33)30-17-8-12(22)10-28-19(17)18(29-31)14-4-6-26-20-15(14)5-7-27-20/h2-10,18,30H,1H3,(H,26,27). The van der Waals surface area contributed by atoms with E-state index in [2.05, 4.69) is 24.9 Å². The average molecular weight is 510 g/mol. The molecule has 0 aliphatic heterocycles. The SMILES string of the molecule is Cc1ccc(S(=O)(=O)Nc2cc(Cl)cnc2C(N=O)c2ccnc3[nH]ccc23)cc1C(F)(F)F. The normalized spacial score (nSPS) is 13.1. The molecule has 4 aromatic rings. The largest absolute Gasteiger partial charge is 0.416 e. The maximum absolute atomic E-state index is 13.3. The molecule has 176 valence electrons. The van der Waals surface area contributed by atoms with E-state index >= 15 is 0 Å². The lowest BCUT2D eigenvalue weighted by atomic mass is 10.0. The van der Waals surface area contributed by atoms with Crippen molar-refractivity contribution in [1.29, 1.82) is 0 Å². The lowest BCUT2D eigenvalue weighted by Gasteiger charge is -2.17. The molecule has 0 spiro atoms. The number of aryl methyl sites for hydroxylation is 1. The molecule has 0 amide bonds. The van der Waals surface area contributed by atoms with E-state index in [-0.39, 0.29) is 22.0 Å². The summed E-state index contributed by atoms with van der Waals surface area (Å²) in [5.74, 6) is 0. The van der Waals surface area contributed by atoms with Gasteiger partial charge in [-0.15, -0.1) is 4.91 Å². The van der Waals surface area contributed by atoms with Crippen molar-refractivity contribution in [2.24, 2.45) is 5.18 Å². The summed E-state index contributed by atoms with van der Waals surface area (Å²) in [6.07, 6.45) is -0.487. The number of H-pyrrole nitrogens is 1. The number of nitrogens with one attached hydrogen (secondary N) is 2. The van der Waals surface area contributed by atoms with Crippen LogP contribution >= 0.6 is 11.6 Å². The van der Waals surface area contributed by atoms with E-state index < -0.39 is 32.7 Å². The summed E-state index contributed by atoms with van der Waals surface area (Å²) >= 11 is 6.00. The molecule has 0 bridgehead atoms. The number of sulfonamides is 1. The molecule has 3 aromatic heterocycles. The molecule has 34 heavy (non-hydrogen) atoms. The molecule has 0 aliphatic carbocycles. The van der Waals surface area contributed by atoms with E-state index in [0.717, 1.165) is 12.1 Å². The van der Waals surface area contributed by atoms with Crippen LogP contribution < -0.4 is 4.72 Å². The Hall–Kier alpha value is -3.51. The second kappa shape index (κ2) is 8.69. The Morgan fingerprint density at radius 1 is 1.15 bits per heavy atom. The van der Waals surface area contributed by atoms with Gasteiger partial charge in [-0.2, -0.15) is 13.2 Å². The molecule has 1 aromatic carbocycles. The minimum atomic E-state index is -4.74. The number of aromatic amines is 1. The minimum absolute atomic E-state index is 0.0347. The van der Waals surface area contributed by atoms with Crippen LogP contribution in [0, 0.1) is 11.8 Å². The summed E-state index contributed by atoms with van der Waals surface area (Å²) in [4.78, 5) is 22.4.